The molecule has 5 fully saturated rings. The highest BCUT2D eigenvalue weighted by Crippen LogP contribution is 2.61. The number of fused-ring (bicyclic) bond motifs is 7. The van der Waals surface area contributed by atoms with Gasteiger partial charge < -0.3 is 29.1 Å². The Morgan fingerprint density at radius 2 is 1.67 bits per heavy atom. The second-order valence-electron chi connectivity index (χ2n) is 24.4. The highest BCUT2D eigenvalue weighted by Gasteiger charge is 2.72. The Labute approximate surface area is 448 Å². The highest BCUT2D eigenvalue weighted by molar-refractivity contribution is 7.26. The fourth-order valence-electron chi connectivity index (χ4n) is 13.5. The average Bonchev–Trinajstić information content (AvgIpc) is 3.83. The van der Waals surface area contributed by atoms with Gasteiger partial charge in [-0.05, 0) is 125 Å². The fourth-order valence-corrected chi connectivity index (χ4v) is 19.9. The van der Waals surface area contributed by atoms with E-state index in [9.17, 15) is 9.90 Å². The molecule has 11 rings (SSSR count). The summed E-state index contributed by atoms with van der Waals surface area (Å²) in [5.74, 6) is 0.981. The summed E-state index contributed by atoms with van der Waals surface area (Å²) in [6.07, 6.45) is 8.62. The largest absolute Gasteiger partial charge is 0.462 e. The molecule has 8 heterocycles. The second-order valence-corrected chi connectivity index (χ2v) is 31.0. The maximum Gasteiger partial charge on any atom is 0.410 e. The number of aromatic nitrogens is 5. The van der Waals surface area contributed by atoms with Crippen molar-refractivity contribution >= 4 is 73.3 Å². The van der Waals surface area contributed by atoms with Crippen LogP contribution in [0, 0.1) is 28.6 Å². The lowest BCUT2D eigenvalue weighted by Gasteiger charge is -2.42. The summed E-state index contributed by atoms with van der Waals surface area (Å²) in [7, 11) is -2.34. The van der Waals surface area contributed by atoms with Gasteiger partial charge in [0.1, 0.15) is 36.7 Å². The maximum absolute atomic E-state index is 17.0. The number of ether oxygens (including phenoxy) is 3. The number of hydrogen-bond donors (Lipinski definition) is 1. The van der Waals surface area contributed by atoms with E-state index < -0.39 is 30.8 Å². The Bertz CT molecular complexity index is 3230. The van der Waals surface area contributed by atoms with Crippen LogP contribution in [0.15, 0.2) is 36.7 Å². The minimum absolute atomic E-state index is 0.000553. The number of hydrogen-bond acceptors (Lipinski definition) is 12. The van der Waals surface area contributed by atoms with Gasteiger partial charge in [0.15, 0.2) is 6.23 Å². The molecular weight excluding hydrogens is 1010 g/mol. The van der Waals surface area contributed by atoms with Crippen molar-refractivity contribution in [2.75, 3.05) is 57.4 Å². The van der Waals surface area contributed by atoms with Crippen molar-refractivity contribution in [1.29, 1.82) is 0 Å². The van der Waals surface area contributed by atoms with Crippen LogP contribution in [-0.4, -0.2) is 130 Å². The molecule has 4 aromatic heterocycles. The van der Waals surface area contributed by atoms with Crippen LogP contribution in [0.4, 0.5) is 23.8 Å². The first-order valence-electron chi connectivity index (χ1n) is 27.7. The molecule has 5 aliphatic rings. The molecule has 13 nitrogen and oxygen atoms in total. The molecule has 0 radical (unpaired) electrons. The predicted octanol–water partition coefficient (Wildman–Crippen LogP) is 12.5. The number of aliphatic hydroxyl groups excluding tert-OH is 1. The first-order chi connectivity index (χ1) is 36.2. The molecule has 2 bridgehead atoms. The number of benzene rings is 2. The number of amides is 1. The number of aliphatic hydroxyl groups is 1. The molecule has 18 heteroatoms. The van der Waals surface area contributed by atoms with Crippen LogP contribution in [-0.2, 0) is 9.47 Å². The molecule has 4 saturated heterocycles. The zero-order valence-electron chi connectivity index (χ0n) is 45.5. The number of anilines is 1. The standard InChI is InChI=1S/C58H73F3N8O5SSi/c1-34(2)76(35(3)4,36(5)6)25-20-41-44(59)16-13-38-26-45-43(27-63-69(45)46-12-10-11-24-72-46)48(47(38)41)50-51-42(17-21-62-50)49-52(67-28-39-14-15-40(29-67)68(39)55(71)74-56(7,8)9)64-54(65-53(49)75-51)73-33-57(31-58(57,60)61)32-66-22-18-37(30-70)19-23-66/h13,16-17,21,26-27,34-37,39-40,46,70H,10-12,14-15,18-19,22-24,28-33H2,1-9H3/t39-,40+,46?,57-/m1/s1. The first kappa shape index (κ1) is 53.0. The topological polar surface area (TPSA) is 131 Å². The van der Waals surface area contributed by atoms with E-state index in [0.717, 1.165) is 76.7 Å². The molecular formula is C58H73F3N8O5SSi. The van der Waals surface area contributed by atoms with Crippen LogP contribution >= 0.6 is 11.3 Å². The summed E-state index contributed by atoms with van der Waals surface area (Å²) in [6.45, 7) is 22.0. The smallest absolute Gasteiger partial charge is 0.410 e. The monoisotopic (exact) mass is 1080 g/mol. The van der Waals surface area contributed by atoms with E-state index in [1.165, 1.54) is 17.4 Å². The molecule has 0 spiro atoms. The molecule has 4 atom stereocenters. The van der Waals surface area contributed by atoms with Gasteiger partial charge in [-0.3, -0.25) is 9.88 Å². The number of thiophene rings is 1. The minimum atomic E-state index is -2.92. The minimum Gasteiger partial charge on any atom is -0.462 e. The molecule has 76 heavy (non-hydrogen) atoms. The van der Waals surface area contributed by atoms with Gasteiger partial charge >= 0.3 is 12.1 Å². The number of alkyl halides is 2. The third kappa shape index (κ3) is 9.30. The van der Waals surface area contributed by atoms with E-state index in [1.54, 1.807) is 6.20 Å². The van der Waals surface area contributed by atoms with E-state index in [4.69, 9.17) is 34.3 Å². The number of nitrogens with zero attached hydrogens (tertiary/aromatic N) is 8. The number of piperazine rings is 1. The van der Waals surface area contributed by atoms with Crippen molar-refractivity contribution in [2.45, 2.75) is 160 Å². The van der Waals surface area contributed by atoms with Crippen molar-refractivity contribution in [1.82, 2.24) is 34.5 Å². The Kier molecular flexibility index (Phi) is 13.9. The quantitative estimate of drug-likeness (QED) is 0.0928. The van der Waals surface area contributed by atoms with Crippen LogP contribution in [0.1, 0.15) is 125 Å². The van der Waals surface area contributed by atoms with E-state index >= 15 is 13.2 Å². The van der Waals surface area contributed by atoms with Crippen molar-refractivity contribution in [3.05, 3.63) is 48.0 Å². The molecule has 1 amide bonds. The van der Waals surface area contributed by atoms with Gasteiger partial charge in [-0.15, -0.1) is 16.9 Å². The molecule has 1 unspecified atom stereocenters. The third-order valence-electron chi connectivity index (χ3n) is 17.5. The number of likely N-dealkylation sites (tertiary alicyclic amines) is 1. The first-order valence-corrected chi connectivity index (χ1v) is 30.7. The van der Waals surface area contributed by atoms with E-state index in [1.807, 2.05) is 48.7 Å². The van der Waals surface area contributed by atoms with Gasteiger partial charge in [0.25, 0.3) is 5.92 Å². The number of piperidine rings is 1. The Balaban J connectivity index is 1.09. The van der Waals surface area contributed by atoms with Crippen LogP contribution in [0.2, 0.25) is 16.6 Å². The van der Waals surface area contributed by atoms with Crippen LogP contribution in [0.3, 0.4) is 0 Å². The lowest BCUT2D eigenvalue weighted by molar-refractivity contribution is -0.0366. The van der Waals surface area contributed by atoms with Crippen LogP contribution in [0.25, 0.3) is 53.2 Å². The average molecular weight is 1080 g/mol. The summed E-state index contributed by atoms with van der Waals surface area (Å²) in [4.78, 5) is 35.9. The summed E-state index contributed by atoms with van der Waals surface area (Å²) >= 11 is 1.42. The summed E-state index contributed by atoms with van der Waals surface area (Å²) in [5, 5.41) is 18.6. The van der Waals surface area contributed by atoms with E-state index in [-0.39, 0.29) is 62.5 Å². The van der Waals surface area contributed by atoms with Crippen molar-refractivity contribution in [3.63, 3.8) is 0 Å². The number of carbonyl (C=O) groups excluding carboxylic acids is 1. The number of rotatable bonds is 12. The molecule has 406 valence electrons. The van der Waals surface area contributed by atoms with Gasteiger partial charge in [0.2, 0.25) is 0 Å². The summed E-state index contributed by atoms with van der Waals surface area (Å²) < 4.78 is 69.7. The number of carbonyl (C=O) groups is 1. The maximum atomic E-state index is 17.0. The van der Waals surface area contributed by atoms with Gasteiger partial charge in [0.05, 0.1) is 50.6 Å². The summed E-state index contributed by atoms with van der Waals surface area (Å²) in [6, 6.07) is 7.09. The van der Waals surface area contributed by atoms with Crippen molar-refractivity contribution < 1.29 is 37.3 Å². The van der Waals surface area contributed by atoms with Crippen LogP contribution in [0.5, 0.6) is 6.01 Å². The molecule has 2 aromatic carbocycles. The Morgan fingerprint density at radius 1 is 0.961 bits per heavy atom. The predicted molar refractivity (Wildman–Crippen MR) is 297 cm³/mol. The van der Waals surface area contributed by atoms with Crippen LogP contribution < -0.4 is 9.64 Å². The molecule has 4 aliphatic heterocycles. The van der Waals surface area contributed by atoms with Crippen molar-refractivity contribution in [2.24, 2.45) is 11.3 Å². The van der Waals surface area contributed by atoms with Gasteiger partial charge in [-0.2, -0.15) is 15.1 Å². The molecule has 1 aliphatic carbocycles. The Morgan fingerprint density at radius 3 is 2.30 bits per heavy atom. The van der Waals surface area contributed by atoms with Crippen molar-refractivity contribution in [3.8, 4) is 28.7 Å². The van der Waals surface area contributed by atoms with Gasteiger partial charge in [0, 0.05) is 67.2 Å². The number of pyridine rings is 1. The van der Waals surface area contributed by atoms with E-state index in [2.05, 4.69) is 68.9 Å². The van der Waals surface area contributed by atoms with E-state index in [0.29, 0.717) is 82.3 Å². The lowest BCUT2D eigenvalue weighted by Crippen LogP contribution is -2.57. The third-order valence-corrected chi connectivity index (χ3v) is 24.9. The highest BCUT2D eigenvalue weighted by atomic mass is 32.1. The number of halogens is 3. The zero-order chi connectivity index (χ0) is 53.6. The van der Waals surface area contributed by atoms with Gasteiger partial charge in [-0.1, -0.05) is 53.5 Å². The molecule has 6 aromatic rings. The molecule has 1 N–H and O–H groups in total. The SMILES string of the molecule is CC(C)[Si](C#Cc1c(F)ccc2cc3c(cnn3C3CCCCO3)c(-c3nccc4c3sc3nc(OC[C@]5(CN6CCC(CO)CC6)CC5(F)F)nc(N5C[C@H]6CC[C@@H](C5)N6C(=O)OC(C)(C)C)c34)c12)(C(C)C)C(C)C. The summed E-state index contributed by atoms with van der Waals surface area (Å²) in [5.41, 5.74) is 5.22. The fraction of sp³-hybridized carbons (Fsp3) is 0.603. The zero-order valence-corrected chi connectivity index (χ0v) is 47.3. The lowest BCUT2D eigenvalue weighted by atomic mass is 9.93. The second kappa shape index (κ2) is 20.0. The van der Waals surface area contributed by atoms with Gasteiger partial charge in [-0.25, -0.2) is 22.6 Å². The normalized spacial score (nSPS) is 23.4. The Hall–Kier alpha value is -5.06. The molecule has 1 saturated carbocycles.